The first-order chi connectivity index (χ1) is 10.4. The molecule has 0 spiro atoms. The summed E-state index contributed by atoms with van der Waals surface area (Å²) in [5, 5.41) is 3.78. The maximum absolute atomic E-state index is 13.0. The van der Waals surface area contributed by atoms with Gasteiger partial charge in [0.05, 0.1) is 6.04 Å². The highest BCUT2D eigenvalue weighted by Gasteiger charge is 2.39. The molecule has 2 aromatic rings. The van der Waals surface area contributed by atoms with E-state index in [2.05, 4.69) is 11.2 Å². The smallest absolute Gasteiger partial charge is 0.249 e. The number of aryl methyl sites for hydroxylation is 3. The van der Waals surface area contributed by atoms with Gasteiger partial charge in [0.25, 0.3) is 0 Å². The zero-order valence-electron chi connectivity index (χ0n) is 13.0. The first-order valence-corrected chi connectivity index (χ1v) is 8.86. The number of hydrogen-bond acceptors (Lipinski definition) is 4. The second-order valence-electron chi connectivity index (χ2n) is 5.84. The van der Waals surface area contributed by atoms with Crippen molar-refractivity contribution in [1.82, 2.24) is 9.46 Å². The molecule has 0 bridgehead atoms. The molecule has 2 heterocycles. The topological polar surface area (TPSA) is 63.4 Å². The third-order valence-electron chi connectivity index (χ3n) is 4.17. The molecule has 6 heteroatoms. The Hall–Kier alpha value is -1.66. The van der Waals surface area contributed by atoms with E-state index in [0.717, 1.165) is 24.0 Å². The first kappa shape index (κ1) is 15.2. The van der Waals surface area contributed by atoms with Crippen molar-refractivity contribution in [1.29, 1.82) is 0 Å². The molecule has 0 N–H and O–H groups in total. The lowest BCUT2D eigenvalue weighted by molar-refractivity contribution is 0.384. The number of hydrogen-bond donors (Lipinski definition) is 0. The summed E-state index contributed by atoms with van der Waals surface area (Å²) in [6.45, 7) is 5.86. The summed E-state index contributed by atoms with van der Waals surface area (Å²) in [7, 11) is -3.59. The predicted octanol–water partition coefficient (Wildman–Crippen LogP) is 3.13. The Labute approximate surface area is 131 Å². The van der Waals surface area contributed by atoms with Gasteiger partial charge in [-0.25, -0.2) is 8.42 Å². The minimum absolute atomic E-state index is 0.112. The number of aromatic nitrogens is 1. The van der Waals surface area contributed by atoms with E-state index < -0.39 is 10.0 Å². The lowest BCUT2D eigenvalue weighted by atomic mass is 10.0. The Morgan fingerprint density at radius 3 is 2.68 bits per heavy atom. The van der Waals surface area contributed by atoms with Crippen molar-refractivity contribution in [2.24, 2.45) is 0 Å². The van der Waals surface area contributed by atoms with Gasteiger partial charge in [-0.05, 0) is 39.2 Å². The summed E-state index contributed by atoms with van der Waals surface area (Å²) in [6.07, 6.45) is 1.70. The summed E-state index contributed by atoms with van der Waals surface area (Å²) >= 11 is 0. The highest BCUT2D eigenvalue weighted by molar-refractivity contribution is 7.89. The zero-order chi connectivity index (χ0) is 15.9. The largest absolute Gasteiger partial charge is 0.360 e. The summed E-state index contributed by atoms with van der Waals surface area (Å²) < 4.78 is 32.7. The minimum atomic E-state index is -3.59. The van der Waals surface area contributed by atoms with Crippen molar-refractivity contribution in [2.45, 2.75) is 44.6 Å². The van der Waals surface area contributed by atoms with Crippen molar-refractivity contribution in [3.63, 3.8) is 0 Å². The number of nitrogens with zero attached hydrogens (tertiary/aromatic N) is 2. The molecular formula is C16H20N2O3S. The van der Waals surface area contributed by atoms with Crippen LogP contribution in [-0.4, -0.2) is 24.4 Å². The fraction of sp³-hybridized carbons (Fsp3) is 0.438. The first-order valence-electron chi connectivity index (χ1n) is 7.42. The van der Waals surface area contributed by atoms with E-state index in [0.29, 0.717) is 18.0 Å². The molecule has 22 heavy (non-hydrogen) atoms. The van der Waals surface area contributed by atoms with E-state index >= 15 is 0 Å². The normalized spacial score (nSPS) is 19.7. The van der Waals surface area contributed by atoms with Crippen molar-refractivity contribution in [2.75, 3.05) is 6.54 Å². The van der Waals surface area contributed by atoms with Gasteiger partial charge in [-0.2, -0.15) is 4.31 Å². The second-order valence-corrected chi connectivity index (χ2v) is 7.67. The third kappa shape index (κ3) is 2.46. The van der Waals surface area contributed by atoms with Crippen LogP contribution in [0, 0.1) is 20.8 Å². The van der Waals surface area contributed by atoms with Crippen LogP contribution in [0.2, 0.25) is 0 Å². The summed E-state index contributed by atoms with van der Waals surface area (Å²) in [5.41, 5.74) is 2.61. The van der Waals surface area contributed by atoms with E-state index in [1.807, 2.05) is 25.1 Å². The molecule has 118 valence electrons. The molecule has 0 aliphatic carbocycles. The van der Waals surface area contributed by atoms with Gasteiger partial charge in [-0.15, -0.1) is 0 Å². The third-order valence-corrected chi connectivity index (χ3v) is 6.32. The van der Waals surface area contributed by atoms with Crippen LogP contribution in [-0.2, 0) is 10.0 Å². The van der Waals surface area contributed by atoms with Crippen LogP contribution < -0.4 is 0 Å². The molecule has 1 unspecified atom stereocenters. The fourth-order valence-electron chi connectivity index (χ4n) is 3.20. The maximum atomic E-state index is 13.0. The maximum Gasteiger partial charge on any atom is 0.249 e. The van der Waals surface area contributed by atoms with Crippen LogP contribution in [0.4, 0.5) is 0 Å². The number of sulfonamides is 1. The molecule has 1 saturated heterocycles. The Morgan fingerprint density at radius 1 is 1.27 bits per heavy atom. The second kappa shape index (κ2) is 5.52. The highest BCUT2D eigenvalue weighted by Crippen LogP contribution is 2.38. The molecule has 1 aliphatic rings. The molecule has 0 saturated carbocycles. The van der Waals surface area contributed by atoms with Crippen LogP contribution in [0.15, 0.2) is 33.7 Å². The lowest BCUT2D eigenvalue weighted by Crippen LogP contribution is -2.31. The van der Waals surface area contributed by atoms with Gasteiger partial charge in [0.2, 0.25) is 10.0 Å². The average Bonchev–Trinajstić information content (AvgIpc) is 3.06. The molecule has 3 rings (SSSR count). The molecular weight excluding hydrogens is 300 g/mol. The van der Waals surface area contributed by atoms with Gasteiger partial charge in [0.1, 0.15) is 10.6 Å². The van der Waals surface area contributed by atoms with Crippen molar-refractivity contribution >= 4 is 10.0 Å². The van der Waals surface area contributed by atoms with Crippen molar-refractivity contribution < 1.29 is 12.9 Å². The molecule has 0 amide bonds. The van der Waals surface area contributed by atoms with Crippen LogP contribution in [0.3, 0.4) is 0 Å². The zero-order valence-corrected chi connectivity index (χ0v) is 13.9. The van der Waals surface area contributed by atoms with Crippen LogP contribution in [0.25, 0.3) is 0 Å². The van der Waals surface area contributed by atoms with E-state index in [1.54, 1.807) is 18.2 Å². The fourth-order valence-corrected chi connectivity index (χ4v) is 5.18. The van der Waals surface area contributed by atoms with Gasteiger partial charge in [-0.1, -0.05) is 35.0 Å². The Bertz CT molecular complexity index is 776. The average molecular weight is 320 g/mol. The summed E-state index contributed by atoms with van der Waals surface area (Å²) in [6, 6.07) is 7.94. The van der Waals surface area contributed by atoms with Crippen molar-refractivity contribution in [3.05, 3.63) is 46.8 Å². The van der Waals surface area contributed by atoms with Crippen LogP contribution in [0.1, 0.15) is 41.5 Å². The Balaban J connectivity index is 2.03. The Morgan fingerprint density at radius 2 is 2.05 bits per heavy atom. The van der Waals surface area contributed by atoms with Gasteiger partial charge in [-0.3, -0.25) is 0 Å². The van der Waals surface area contributed by atoms with Crippen molar-refractivity contribution in [3.8, 4) is 0 Å². The van der Waals surface area contributed by atoms with E-state index in [4.69, 9.17) is 4.52 Å². The minimum Gasteiger partial charge on any atom is -0.360 e. The molecule has 1 aliphatic heterocycles. The predicted molar refractivity (Wildman–Crippen MR) is 83.0 cm³/mol. The molecule has 1 aromatic heterocycles. The monoisotopic (exact) mass is 320 g/mol. The molecule has 0 radical (unpaired) electrons. The van der Waals surface area contributed by atoms with E-state index in [-0.39, 0.29) is 10.9 Å². The van der Waals surface area contributed by atoms with E-state index in [9.17, 15) is 8.42 Å². The molecule has 1 fully saturated rings. The molecule has 1 aromatic carbocycles. The summed E-state index contributed by atoms with van der Waals surface area (Å²) in [5.74, 6) is 0.354. The molecule has 5 nitrogen and oxygen atoms in total. The number of rotatable bonds is 3. The lowest BCUT2D eigenvalue weighted by Gasteiger charge is -2.24. The standard InChI is InChI=1S/C16H20N2O3S/c1-11-6-4-7-14(10-11)15-8-5-9-18(15)22(19,20)16-12(2)17-21-13(16)3/h4,6-7,10,15H,5,8-9H2,1-3H3. The van der Waals surface area contributed by atoms with Crippen LogP contribution >= 0.6 is 0 Å². The van der Waals surface area contributed by atoms with Gasteiger partial charge < -0.3 is 4.52 Å². The number of benzene rings is 1. The van der Waals surface area contributed by atoms with Gasteiger partial charge in [0.15, 0.2) is 5.76 Å². The van der Waals surface area contributed by atoms with Crippen LogP contribution in [0.5, 0.6) is 0 Å². The van der Waals surface area contributed by atoms with Gasteiger partial charge >= 0.3 is 0 Å². The SMILES string of the molecule is Cc1cccc(C2CCCN2S(=O)(=O)c2c(C)noc2C)c1. The molecule has 1 atom stereocenters. The van der Waals surface area contributed by atoms with E-state index in [1.165, 1.54) is 0 Å². The van der Waals surface area contributed by atoms with Gasteiger partial charge in [0, 0.05) is 6.54 Å². The Kier molecular flexibility index (Phi) is 3.82. The quantitative estimate of drug-likeness (QED) is 0.871. The highest BCUT2D eigenvalue weighted by atomic mass is 32.2. The summed E-state index contributed by atoms with van der Waals surface area (Å²) in [4.78, 5) is 0.215.